The zero-order valence-corrected chi connectivity index (χ0v) is 20.3. The number of H-pyrrole nitrogens is 1. The SMILES string of the molecule is CCN(CC)S(=O)(=O)c1ccc2nc(CSc3nnc(-c4ccccc4Cl)n3C)[nH]c2c1. The zero-order chi connectivity index (χ0) is 22.9. The highest BCUT2D eigenvalue weighted by Gasteiger charge is 2.22. The van der Waals surface area contributed by atoms with E-state index in [1.807, 2.05) is 49.7 Å². The molecule has 0 bridgehead atoms. The third kappa shape index (κ3) is 4.27. The van der Waals surface area contributed by atoms with Gasteiger partial charge in [-0.25, -0.2) is 13.4 Å². The van der Waals surface area contributed by atoms with E-state index in [2.05, 4.69) is 20.2 Å². The summed E-state index contributed by atoms with van der Waals surface area (Å²) in [5.41, 5.74) is 2.22. The van der Waals surface area contributed by atoms with E-state index in [0.29, 0.717) is 40.7 Å². The Kier molecular flexibility index (Phi) is 6.57. The molecule has 8 nitrogen and oxygen atoms in total. The summed E-state index contributed by atoms with van der Waals surface area (Å²) in [4.78, 5) is 8.07. The molecular weight excluding hydrogens is 468 g/mol. The van der Waals surface area contributed by atoms with Crippen LogP contribution < -0.4 is 0 Å². The van der Waals surface area contributed by atoms with Crippen LogP contribution >= 0.6 is 23.4 Å². The van der Waals surface area contributed by atoms with Gasteiger partial charge in [-0.05, 0) is 30.3 Å². The van der Waals surface area contributed by atoms with Gasteiger partial charge in [0.15, 0.2) is 11.0 Å². The number of halogens is 1. The molecule has 0 fully saturated rings. The molecule has 0 amide bonds. The van der Waals surface area contributed by atoms with E-state index in [1.165, 1.54) is 16.1 Å². The largest absolute Gasteiger partial charge is 0.341 e. The Bertz CT molecular complexity index is 1360. The summed E-state index contributed by atoms with van der Waals surface area (Å²) < 4.78 is 28.9. The molecule has 0 aliphatic rings. The fourth-order valence-corrected chi connectivity index (χ4v) is 5.92. The van der Waals surface area contributed by atoms with Crippen LogP contribution in [-0.2, 0) is 22.8 Å². The lowest BCUT2D eigenvalue weighted by molar-refractivity contribution is 0.445. The van der Waals surface area contributed by atoms with Crippen molar-refractivity contribution >= 4 is 44.4 Å². The first kappa shape index (κ1) is 22.8. The molecule has 0 saturated carbocycles. The number of aromatic amines is 1. The fourth-order valence-electron chi connectivity index (χ4n) is 3.43. The Morgan fingerprint density at radius 2 is 1.88 bits per heavy atom. The van der Waals surface area contributed by atoms with Crippen LogP contribution in [-0.4, -0.2) is 50.5 Å². The minimum absolute atomic E-state index is 0.259. The van der Waals surface area contributed by atoms with Gasteiger partial charge in [-0.15, -0.1) is 10.2 Å². The first-order chi connectivity index (χ1) is 15.3. The number of fused-ring (bicyclic) bond motifs is 1. The van der Waals surface area contributed by atoms with E-state index in [4.69, 9.17) is 11.6 Å². The molecule has 2 aromatic heterocycles. The molecule has 2 heterocycles. The Labute approximate surface area is 196 Å². The molecule has 32 heavy (non-hydrogen) atoms. The minimum atomic E-state index is -3.52. The second-order valence-corrected chi connectivity index (χ2v) is 10.4. The summed E-state index contributed by atoms with van der Waals surface area (Å²) in [6.07, 6.45) is 0. The third-order valence-corrected chi connectivity index (χ3v) is 8.54. The Hall–Kier alpha value is -2.40. The fraction of sp³-hybridized carbons (Fsp3) is 0.286. The predicted octanol–water partition coefficient (Wildman–Crippen LogP) is 4.33. The van der Waals surface area contributed by atoms with Gasteiger partial charge in [-0.1, -0.05) is 49.3 Å². The second-order valence-electron chi connectivity index (χ2n) is 7.09. The molecular formula is C21H23ClN6O2S2. The van der Waals surface area contributed by atoms with Gasteiger partial charge in [0.2, 0.25) is 10.0 Å². The lowest BCUT2D eigenvalue weighted by Crippen LogP contribution is -2.30. The van der Waals surface area contributed by atoms with Crippen molar-refractivity contribution in [3.63, 3.8) is 0 Å². The average Bonchev–Trinajstić information content (AvgIpc) is 3.35. The highest BCUT2D eigenvalue weighted by molar-refractivity contribution is 7.98. The second kappa shape index (κ2) is 9.22. The van der Waals surface area contributed by atoms with Gasteiger partial charge in [0.25, 0.3) is 0 Å². The van der Waals surface area contributed by atoms with E-state index in [0.717, 1.165) is 16.5 Å². The van der Waals surface area contributed by atoms with Crippen LogP contribution in [0.15, 0.2) is 52.5 Å². The van der Waals surface area contributed by atoms with Gasteiger partial charge in [0.1, 0.15) is 5.82 Å². The number of nitrogens with zero attached hydrogens (tertiary/aromatic N) is 5. The van der Waals surface area contributed by atoms with Crippen molar-refractivity contribution in [3.05, 3.63) is 53.3 Å². The van der Waals surface area contributed by atoms with Gasteiger partial charge in [-0.2, -0.15) is 4.31 Å². The van der Waals surface area contributed by atoms with Crippen molar-refractivity contribution in [2.45, 2.75) is 29.7 Å². The molecule has 4 aromatic rings. The molecule has 11 heteroatoms. The van der Waals surface area contributed by atoms with Crippen molar-refractivity contribution < 1.29 is 8.42 Å². The highest BCUT2D eigenvalue weighted by Crippen LogP contribution is 2.29. The van der Waals surface area contributed by atoms with Crippen LogP contribution in [0.2, 0.25) is 5.02 Å². The van der Waals surface area contributed by atoms with Gasteiger partial charge < -0.3 is 9.55 Å². The van der Waals surface area contributed by atoms with Crippen LogP contribution in [0.5, 0.6) is 0 Å². The van der Waals surface area contributed by atoms with Crippen LogP contribution in [0.1, 0.15) is 19.7 Å². The van der Waals surface area contributed by atoms with Crippen molar-refractivity contribution in [2.24, 2.45) is 7.05 Å². The highest BCUT2D eigenvalue weighted by atomic mass is 35.5. The summed E-state index contributed by atoms with van der Waals surface area (Å²) in [5, 5.41) is 9.90. The quantitative estimate of drug-likeness (QED) is 0.369. The van der Waals surface area contributed by atoms with E-state index in [1.54, 1.807) is 18.2 Å². The van der Waals surface area contributed by atoms with E-state index in [-0.39, 0.29) is 4.90 Å². The molecule has 0 aliphatic carbocycles. The van der Waals surface area contributed by atoms with Crippen molar-refractivity contribution in [2.75, 3.05) is 13.1 Å². The van der Waals surface area contributed by atoms with E-state index < -0.39 is 10.0 Å². The van der Waals surface area contributed by atoms with Gasteiger partial charge in [0, 0.05) is 25.7 Å². The average molecular weight is 491 g/mol. The first-order valence-corrected chi connectivity index (χ1v) is 12.9. The summed E-state index contributed by atoms with van der Waals surface area (Å²) in [6, 6.07) is 12.5. The molecule has 0 saturated heterocycles. The number of nitrogens with one attached hydrogen (secondary N) is 1. The number of thioether (sulfide) groups is 1. The molecule has 4 rings (SSSR count). The van der Waals surface area contributed by atoms with Crippen LogP contribution in [0, 0.1) is 0 Å². The maximum absolute atomic E-state index is 12.8. The molecule has 1 N–H and O–H groups in total. The number of aromatic nitrogens is 5. The Morgan fingerprint density at radius 1 is 1.12 bits per heavy atom. The van der Waals surface area contributed by atoms with Crippen LogP contribution in [0.25, 0.3) is 22.4 Å². The van der Waals surface area contributed by atoms with Crippen molar-refractivity contribution in [3.8, 4) is 11.4 Å². The smallest absolute Gasteiger partial charge is 0.243 e. The maximum atomic E-state index is 12.8. The minimum Gasteiger partial charge on any atom is -0.341 e. The lowest BCUT2D eigenvalue weighted by Gasteiger charge is -2.18. The Balaban J connectivity index is 1.54. The number of benzene rings is 2. The predicted molar refractivity (Wildman–Crippen MR) is 127 cm³/mol. The summed E-state index contributed by atoms with van der Waals surface area (Å²) in [6.45, 7) is 4.51. The van der Waals surface area contributed by atoms with Gasteiger partial charge in [0.05, 0.1) is 26.7 Å². The first-order valence-electron chi connectivity index (χ1n) is 10.1. The van der Waals surface area contributed by atoms with Gasteiger partial charge >= 0.3 is 0 Å². The summed E-state index contributed by atoms with van der Waals surface area (Å²) in [5.74, 6) is 1.94. The van der Waals surface area contributed by atoms with Crippen LogP contribution in [0.4, 0.5) is 0 Å². The topological polar surface area (TPSA) is 96.8 Å². The molecule has 0 radical (unpaired) electrons. The number of hydrogen-bond acceptors (Lipinski definition) is 6. The monoisotopic (exact) mass is 490 g/mol. The molecule has 0 atom stereocenters. The summed E-state index contributed by atoms with van der Waals surface area (Å²) >= 11 is 7.78. The van der Waals surface area contributed by atoms with E-state index in [9.17, 15) is 8.42 Å². The summed E-state index contributed by atoms with van der Waals surface area (Å²) in [7, 11) is -1.63. The van der Waals surface area contributed by atoms with Crippen LogP contribution in [0.3, 0.4) is 0 Å². The van der Waals surface area contributed by atoms with E-state index >= 15 is 0 Å². The van der Waals surface area contributed by atoms with Crippen molar-refractivity contribution in [1.82, 2.24) is 29.0 Å². The molecule has 168 valence electrons. The van der Waals surface area contributed by atoms with Crippen molar-refractivity contribution in [1.29, 1.82) is 0 Å². The maximum Gasteiger partial charge on any atom is 0.243 e. The third-order valence-electron chi connectivity index (χ3n) is 5.13. The Morgan fingerprint density at radius 3 is 2.59 bits per heavy atom. The molecule has 0 unspecified atom stereocenters. The number of imidazole rings is 1. The normalized spacial score (nSPS) is 12.2. The number of hydrogen-bond donors (Lipinski definition) is 1. The van der Waals surface area contributed by atoms with Gasteiger partial charge in [-0.3, -0.25) is 0 Å². The molecule has 0 aliphatic heterocycles. The number of rotatable bonds is 8. The zero-order valence-electron chi connectivity index (χ0n) is 17.9. The lowest BCUT2D eigenvalue weighted by atomic mass is 10.2. The standard InChI is InChI=1S/C21H23ClN6O2S2/c1-4-28(5-2)32(29,30)14-10-11-17-18(12-14)24-19(23-17)13-31-21-26-25-20(27(21)3)15-8-6-7-9-16(15)22/h6-12H,4-5,13H2,1-3H3,(H,23,24). The number of sulfonamides is 1. The molecule has 2 aromatic carbocycles. The molecule has 0 spiro atoms.